The second-order valence-corrected chi connectivity index (χ2v) is 4.55. The molecule has 0 fully saturated rings. The fourth-order valence-corrected chi connectivity index (χ4v) is 2.13. The number of nitrogens with one attached hydrogen (secondary N) is 1. The molecule has 19 heavy (non-hydrogen) atoms. The predicted molar refractivity (Wildman–Crippen MR) is 80.8 cm³/mol. The van der Waals surface area contributed by atoms with E-state index in [1.807, 2.05) is 56.3 Å². The minimum Gasteiger partial charge on any atom is -0.399 e. The number of nitrogens with zero attached hydrogens (tertiary/aromatic N) is 1. The van der Waals surface area contributed by atoms with Crippen LogP contribution in [0.2, 0.25) is 0 Å². The van der Waals surface area contributed by atoms with E-state index in [4.69, 9.17) is 16.9 Å². The molecular formula is C15H18N4. The molecule has 98 valence electrons. The molecule has 0 aliphatic carbocycles. The van der Waals surface area contributed by atoms with Gasteiger partial charge in [-0.15, -0.1) is 0 Å². The van der Waals surface area contributed by atoms with Crippen molar-refractivity contribution in [2.75, 3.05) is 10.6 Å². The van der Waals surface area contributed by atoms with Gasteiger partial charge in [-0.3, -0.25) is 10.3 Å². The van der Waals surface area contributed by atoms with E-state index in [-0.39, 0.29) is 5.96 Å². The molecule has 4 heteroatoms. The molecule has 2 aromatic carbocycles. The highest BCUT2D eigenvalue weighted by molar-refractivity contribution is 6.01. The van der Waals surface area contributed by atoms with Gasteiger partial charge in [0.2, 0.25) is 0 Å². The molecule has 0 radical (unpaired) electrons. The maximum absolute atomic E-state index is 7.85. The summed E-state index contributed by atoms with van der Waals surface area (Å²) in [5.41, 5.74) is 16.1. The minimum atomic E-state index is -0.0119. The van der Waals surface area contributed by atoms with Crippen LogP contribution in [0, 0.1) is 19.3 Å². The van der Waals surface area contributed by atoms with E-state index >= 15 is 0 Å². The number of benzene rings is 2. The van der Waals surface area contributed by atoms with E-state index < -0.39 is 0 Å². The van der Waals surface area contributed by atoms with E-state index in [9.17, 15) is 0 Å². The number of para-hydroxylation sites is 1. The normalized spacial score (nSPS) is 10.2. The maximum atomic E-state index is 7.85. The van der Waals surface area contributed by atoms with Crippen molar-refractivity contribution in [2.24, 2.45) is 5.73 Å². The van der Waals surface area contributed by atoms with Gasteiger partial charge in [-0.25, -0.2) is 0 Å². The summed E-state index contributed by atoms with van der Waals surface area (Å²) in [4.78, 5) is 1.73. The van der Waals surface area contributed by atoms with Crippen LogP contribution in [0.25, 0.3) is 0 Å². The summed E-state index contributed by atoms with van der Waals surface area (Å²) in [6.45, 7) is 3.96. The van der Waals surface area contributed by atoms with Gasteiger partial charge in [0.05, 0.1) is 11.4 Å². The lowest BCUT2D eigenvalue weighted by Gasteiger charge is -2.26. The van der Waals surface area contributed by atoms with Gasteiger partial charge in [0.25, 0.3) is 0 Å². The lowest BCUT2D eigenvalue weighted by molar-refractivity contribution is 1.21. The summed E-state index contributed by atoms with van der Waals surface area (Å²) in [6, 6.07) is 13.4. The number of rotatable bonds is 2. The first-order chi connectivity index (χ1) is 9.00. The highest BCUT2D eigenvalue weighted by atomic mass is 15.2. The molecule has 0 aliphatic rings. The molecule has 0 atom stereocenters. The molecule has 2 rings (SSSR count). The van der Waals surface area contributed by atoms with E-state index in [0.717, 1.165) is 22.5 Å². The SMILES string of the molecule is Cc1ccccc1N(C(=N)N)c1ccc(N)cc1C. The molecule has 0 aliphatic heterocycles. The second kappa shape index (κ2) is 5.02. The average Bonchev–Trinajstić information content (AvgIpc) is 2.34. The van der Waals surface area contributed by atoms with Crippen LogP contribution in [0.4, 0.5) is 17.1 Å². The van der Waals surface area contributed by atoms with Gasteiger partial charge in [0.1, 0.15) is 0 Å². The summed E-state index contributed by atoms with van der Waals surface area (Å²) in [7, 11) is 0. The topological polar surface area (TPSA) is 79.1 Å². The summed E-state index contributed by atoms with van der Waals surface area (Å²) in [5, 5.41) is 7.85. The molecule has 0 saturated heterocycles. The Morgan fingerprint density at radius 2 is 1.63 bits per heavy atom. The zero-order chi connectivity index (χ0) is 14.0. The molecule has 0 heterocycles. The zero-order valence-electron chi connectivity index (χ0n) is 11.1. The summed E-state index contributed by atoms with van der Waals surface area (Å²) in [6.07, 6.45) is 0. The number of aryl methyl sites for hydroxylation is 2. The van der Waals surface area contributed by atoms with Crippen molar-refractivity contribution in [3.8, 4) is 0 Å². The van der Waals surface area contributed by atoms with Gasteiger partial charge in [-0.2, -0.15) is 0 Å². The van der Waals surface area contributed by atoms with Crippen molar-refractivity contribution < 1.29 is 0 Å². The van der Waals surface area contributed by atoms with E-state index in [0.29, 0.717) is 5.69 Å². The minimum absolute atomic E-state index is 0.0119. The molecule has 0 bridgehead atoms. The van der Waals surface area contributed by atoms with Gasteiger partial charge in [-0.05, 0) is 49.2 Å². The molecule has 0 aromatic heterocycles. The molecule has 0 saturated carbocycles. The Labute approximate surface area is 113 Å². The third kappa shape index (κ3) is 2.52. The Morgan fingerprint density at radius 1 is 1.00 bits per heavy atom. The largest absolute Gasteiger partial charge is 0.399 e. The smallest absolute Gasteiger partial charge is 0.197 e. The summed E-state index contributed by atoms with van der Waals surface area (Å²) >= 11 is 0. The Morgan fingerprint density at radius 3 is 2.21 bits per heavy atom. The Bertz CT molecular complexity index is 619. The molecule has 5 N–H and O–H groups in total. The van der Waals surface area contributed by atoms with E-state index in [2.05, 4.69) is 0 Å². The van der Waals surface area contributed by atoms with Crippen LogP contribution in [0.1, 0.15) is 11.1 Å². The molecular weight excluding hydrogens is 236 g/mol. The van der Waals surface area contributed by atoms with Crippen molar-refractivity contribution in [3.63, 3.8) is 0 Å². The highest BCUT2D eigenvalue weighted by Crippen LogP contribution is 2.31. The number of hydrogen-bond acceptors (Lipinski definition) is 2. The first kappa shape index (κ1) is 13.0. The van der Waals surface area contributed by atoms with Gasteiger partial charge in [0, 0.05) is 5.69 Å². The van der Waals surface area contributed by atoms with Crippen LogP contribution in [-0.2, 0) is 0 Å². The van der Waals surface area contributed by atoms with Crippen molar-refractivity contribution >= 4 is 23.0 Å². The van der Waals surface area contributed by atoms with Crippen molar-refractivity contribution in [3.05, 3.63) is 53.6 Å². The van der Waals surface area contributed by atoms with Gasteiger partial charge in [-0.1, -0.05) is 18.2 Å². The predicted octanol–water partition coefficient (Wildman–Crippen LogP) is 2.92. The lowest BCUT2D eigenvalue weighted by atomic mass is 10.1. The number of nitrogens with two attached hydrogens (primary N) is 2. The third-order valence-corrected chi connectivity index (χ3v) is 3.06. The Hall–Kier alpha value is -2.49. The van der Waals surface area contributed by atoms with Crippen LogP contribution in [0.15, 0.2) is 42.5 Å². The number of guanidine groups is 1. The molecule has 2 aromatic rings. The zero-order valence-corrected chi connectivity index (χ0v) is 11.1. The number of hydrogen-bond donors (Lipinski definition) is 3. The third-order valence-electron chi connectivity index (χ3n) is 3.06. The Kier molecular flexibility index (Phi) is 3.42. The van der Waals surface area contributed by atoms with Gasteiger partial charge >= 0.3 is 0 Å². The van der Waals surface area contributed by atoms with E-state index in [1.165, 1.54) is 0 Å². The molecule has 0 unspecified atom stereocenters. The average molecular weight is 254 g/mol. The van der Waals surface area contributed by atoms with Crippen LogP contribution >= 0.6 is 0 Å². The van der Waals surface area contributed by atoms with Crippen molar-refractivity contribution in [2.45, 2.75) is 13.8 Å². The van der Waals surface area contributed by atoms with Crippen molar-refractivity contribution in [1.82, 2.24) is 0 Å². The fraction of sp³-hybridized carbons (Fsp3) is 0.133. The number of anilines is 3. The summed E-state index contributed by atoms with van der Waals surface area (Å²) in [5.74, 6) is -0.0119. The first-order valence-corrected chi connectivity index (χ1v) is 6.06. The second-order valence-electron chi connectivity index (χ2n) is 4.55. The standard InChI is InChI=1S/C15H18N4/c1-10-5-3-4-6-13(10)19(15(17)18)14-8-7-12(16)9-11(14)2/h3-9H,16H2,1-2H3,(H3,17,18). The van der Waals surface area contributed by atoms with E-state index in [1.54, 1.807) is 4.90 Å². The molecule has 0 spiro atoms. The summed E-state index contributed by atoms with van der Waals surface area (Å²) < 4.78 is 0. The van der Waals surface area contributed by atoms with Crippen molar-refractivity contribution in [1.29, 1.82) is 5.41 Å². The Balaban J connectivity index is 2.59. The maximum Gasteiger partial charge on any atom is 0.197 e. The monoisotopic (exact) mass is 254 g/mol. The van der Waals surface area contributed by atoms with Gasteiger partial charge in [0.15, 0.2) is 5.96 Å². The highest BCUT2D eigenvalue weighted by Gasteiger charge is 2.16. The number of nitrogen functional groups attached to an aromatic ring is 1. The first-order valence-electron chi connectivity index (χ1n) is 6.06. The van der Waals surface area contributed by atoms with Crippen LogP contribution < -0.4 is 16.4 Å². The van der Waals surface area contributed by atoms with Crippen LogP contribution in [-0.4, -0.2) is 5.96 Å². The molecule has 4 nitrogen and oxygen atoms in total. The fourth-order valence-electron chi connectivity index (χ4n) is 2.13. The van der Waals surface area contributed by atoms with Crippen LogP contribution in [0.5, 0.6) is 0 Å². The van der Waals surface area contributed by atoms with Crippen LogP contribution in [0.3, 0.4) is 0 Å². The lowest BCUT2D eigenvalue weighted by Crippen LogP contribution is -2.33. The molecule has 0 amide bonds. The quantitative estimate of drug-likeness (QED) is 0.438. The van der Waals surface area contributed by atoms with Gasteiger partial charge < -0.3 is 11.5 Å².